The Labute approximate surface area is 177 Å². The first kappa shape index (κ1) is 20.9. The molecule has 1 aliphatic heterocycles. The molecule has 0 radical (unpaired) electrons. The smallest absolute Gasteiger partial charge is 0.266 e. The Kier molecular flexibility index (Phi) is 5.45. The summed E-state index contributed by atoms with van der Waals surface area (Å²) < 4.78 is 70.8. The molecule has 0 bridgehead atoms. The summed E-state index contributed by atoms with van der Waals surface area (Å²) in [6.45, 7) is 1.45. The van der Waals surface area contributed by atoms with E-state index in [2.05, 4.69) is 15.0 Å². The minimum Gasteiger partial charge on any atom is -0.324 e. The molecule has 0 fully saturated rings. The second-order valence-electron chi connectivity index (χ2n) is 7.06. The number of anilines is 1. The summed E-state index contributed by atoms with van der Waals surface area (Å²) in [5.41, 5.74) is 0.450. The lowest BCUT2D eigenvalue weighted by Gasteiger charge is -2.26. The van der Waals surface area contributed by atoms with Crippen molar-refractivity contribution < 1.29 is 21.6 Å². The van der Waals surface area contributed by atoms with Crippen molar-refractivity contribution in [2.75, 3.05) is 5.32 Å². The average Bonchev–Trinajstić information content (AvgIpc) is 2.72. The number of sulfonamides is 1. The summed E-state index contributed by atoms with van der Waals surface area (Å²) in [5, 5.41) is 2.80. The average molecular weight is 445 g/mol. The van der Waals surface area contributed by atoms with Crippen LogP contribution in [0.15, 0.2) is 70.6 Å². The quantitative estimate of drug-likeness (QED) is 0.621. The van der Waals surface area contributed by atoms with E-state index in [1.165, 1.54) is 36.4 Å². The minimum atomic E-state index is -4.07. The number of nitrogens with one attached hydrogen (secondary N) is 2. The van der Waals surface area contributed by atoms with Crippen LogP contribution in [-0.4, -0.2) is 14.4 Å². The zero-order valence-electron chi connectivity index (χ0n) is 16.4. The highest BCUT2D eigenvalue weighted by atomic mass is 32.2. The summed E-state index contributed by atoms with van der Waals surface area (Å²) in [7, 11) is -4.07. The maximum Gasteiger partial charge on any atom is 0.266 e. The molecule has 1 atom stereocenters. The van der Waals surface area contributed by atoms with E-state index in [0.29, 0.717) is 0 Å². The maximum atomic E-state index is 14.9. The number of guanidine groups is 1. The van der Waals surface area contributed by atoms with Crippen molar-refractivity contribution in [3.63, 3.8) is 0 Å². The molecule has 31 heavy (non-hydrogen) atoms. The third-order valence-corrected chi connectivity index (χ3v) is 6.47. The van der Waals surface area contributed by atoms with Crippen LogP contribution in [0.25, 0.3) is 0 Å². The lowest BCUT2D eigenvalue weighted by atomic mass is 9.91. The Balaban J connectivity index is 1.78. The number of nitrogens with zero attached hydrogens (tertiary/aromatic N) is 1. The van der Waals surface area contributed by atoms with Crippen LogP contribution in [0.3, 0.4) is 0 Å². The fourth-order valence-corrected chi connectivity index (χ4v) is 4.68. The number of benzene rings is 3. The molecule has 1 heterocycles. The topological polar surface area (TPSA) is 70.6 Å². The lowest BCUT2D eigenvalue weighted by molar-refractivity contribution is 0.577. The van der Waals surface area contributed by atoms with Gasteiger partial charge in [0.15, 0.2) is 0 Å². The summed E-state index contributed by atoms with van der Waals surface area (Å²) >= 11 is 0. The molecular weight excluding hydrogens is 427 g/mol. The number of hydrogen-bond acceptors (Lipinski definition) is 3. The Bertz CT molecular complexity index is 1290. The molecule has 3 aromatic rings. The largest absolute Gasteiger partial charge is 0.324 e. The van der Waals surface area contributed by atoms with Crippen molar-refractivity contribution in [3.05, 3.63) is 94.8 Å². The van der Waals surface area contributed by atoms with E-state index in [1.54, 1.807) is 19.1 Å². The molecule has 160 valence electrons. The third kappa shape index (κ3) is 4.00. The predicted octanol–water partition coefficient (Wildman–Crippen LogP) is 4.52. The molecule has 1 aliphatic rings. The first-order valence-corrected chi connectivity index (χ1v) is 10.9. The van der Waals surface area contributed by atoms with Gasteiger partial charge in [0.25, 0.3) is 10.0 Å². The number of fused-ring (bicyclic) bond motifs is 1. The van der Waals surface area contributed by atoms with Crippen molar-refractivity contribution in [1.29, 1.82) is 0 Å². The highest BCUT2D eigenvalue weighted by Gasteiger charge is 2.32. The van der Waals surface area contributed by atoms with Gasteiger partial charge >= 0.3 is 0 Å². The van der Waals surface area contributed by atoms with Gasteiger partial charge in [-0.25, -0.2) is 31.3 Å². The normalized spacial score (nSPS) is 16.8. The standard InChI is InChI=1S/C22H18F3N3O2S/c1-13(15-7-3-5-9-17(15)24)20-18(25)10-11-19-21(20)27-22(28-31(19,29)30)26-12-14-6-2-4-8-16(14)23/h2-11,13H,12H2,1H3,(H2,26,27,28)/t13-/m1/s1. The molecule has 0 aliphatic carbocycles. The van der Waals surface area contributed by atoms with Crippen LogP contribution in [0.1, 0.15) is 29.5 Å². The van der Waals surface area contributed by atoms with Gasteiger partial charge in [0, 0.05) is 17.0 Å². The Hall–Kier alpha value is -3.33. The van der Waals surface area contributed by atoms with E-state index >= 15 is 0 Å². The van der Waals surface area contributed by atoms with Gasteiger partial charge in [-0.05, 0) is 29.8 Å². The fraction of sp³-hybridized carbons (Fsp3) is 0.136. The first-order valence-electron chi connectivity index (χ1n) is 9.42. The van der Waals surface area contributed by atoms with Crippen LogP contribution in [0.4, 0.5) is 18.9 Å². The molecular formula is C22H18F3N3O2S. The van der Waals surface area contributed by atoms with E-state index in [-0.39, 0.29) is 39.8 Å². The van der Waals surface area contributed by atoms with Crippen LogP contribution in [0, 0.1) is 17.5 Å². The van der Waals surface area contributed by atoms with Gasteiger partial charge in [0.05, 0.1) is 12.2 Å². The van der Waals surface area contributed by atoms with Crippen LogP contribution in [0.5, 0.6) is 0 Å². The fourth-order valence-electron chi connectivity index (χ4n) is 3.52. The van der Waals surface area contributed by atoms with Gasteiger partial charge in [-0.3, -0.25) is 0 Å². The molecule has 0 spiro atoms. The van der Waals surface area contributed by atoms with Crippen LogP contribution in [-0.2, 0) is 16.6 Å². The number of hydrogen-bond donors (Lipinski definition) is 2. The van der Waals surface area contributed by atoms with Crippen molar-refractivity contribution in [1.82, 2.24) is 4.72 Å². The van der Waals surface area contributed by atoms with Crippen LogP contribution < -0.4 is 10.0 Å². The maximum absolute atomic E-state index is 14.9. The van der Waals surface area contributed by atoms with Gasteiger partial charge in [0.1, 0.15) is 22.3 Å². The molecule has 0 amide bonds. The van der Waals surface area contributed by atoms with Crippen LogP contribution >= 0.6 is 0 Å². The van der Waals surface area contributed by atoms with E-state index in [0.717, 1.165) is 12.1 Å². The zero-order chi connectivity index (χ0) is 22.2. The molecule has 3 aromatic carbocycles. The van der Waals surface area contributed by atoms with E-state index in [1.807, 2.05) is 0 Å². The molecule has 4 rings (SSSR count). The third-order valence-electron chi connectivity index (χ3n) is 5.09. The first-order chi connectivity index (χ1) is 14.8. The summed E-state index contributed by atoms with van der Waals surface area (Å²) in [5.74, 6) is -2.66. The highest BCUT2D eigenvalue weighted by Crippen LogP contribution is 2.38. The van der Waals surface area contributed by atoms with Crippen molar-refractivity contribution >= 4 is 21.7 Å². The molecule has 0 aromatic heterocycles. The van der Waals surface area contributed by atoms with Gasteiger partial charge < -0.3 is 5.32 Å². The van der Waals surface area contributed by atoms with E-state index in [4.69, 9.17) is 0 Å². The molecule has 0 saturated carbocycles. The number of aliphatic imine (C=N–C) groups is 1. The summed E-state index contributed by atoms with van der Waals surface area (Å²) in [4.78, 5) is 3.92. The summed E-state index contributed by atoms with van der Waals surface area (Å²) in [6, 6.07) is 14.0. The minimum absolute atomic E-state index is 0.00809. The Morgan fingerprint density at radius 1 is 0.903 bits per heavy atom. The second-order valence-corrected chi connectivity index (χ2v) is 8.71. The van der Waals surface area contributed by atoms with Crippen molar-refractivity contribution in [2.45, 2.75) is 24.3 Å². The summed E-state index contributed by atoms with van der Waals surface area (Å²) in [6.07, 6.45) is 0. The predicted molar refractivity (Wildman–Crippen MR) is 112 cm³/mol. The van der Waals surface area contributed by atoms with Gasteiger partial charge in [-0.1, -0.05) is 43.3 Å². The molecule has 5 nitrogen and oxygen atoms in total. The van der Waals surface area contributed by atoms with E-state index < -0.39 is 33.4 Å². The van der Waals surface area contributed by atoms with Crippen molar-refractivity contribution in [2.24, 2.45) is 4.99 Å². The second kappa shape index (κ2) is 8.07. The van der Waals surface area contributed by atoms with Crippen molar-refractivity contribution in [3.8, 4) is 0 Å². The Morgan fingerprint density at radius 2 is 1.58 bits per heavy atom. The molecule has 0 unspecified atom stereocenters. The number of halogens is 3. The van der Waals surface area contributed by atoms with E-state index in [9.17, 15) is 21.6 Å². The molecule has 2 N–H and O–H groups in total. The number of rotatable bonds is 4. The van der Waals surface area contributed by atoms with Gasteiger partial charge in [-0.15, -0.1) is 0 Å². The SMILES string of the molecule is C[C@H](c1ccccc1F)c1c(F)ccc2c1NC(=NCc1ccccc1F)NS2(=O)=O. The molecule has 0 saturated heterocycles. The zero-order valence-corrected chi connectivity index (χ0v) is 17.2. The van der Waals surface area contributed by atoms with Gasteiger partial charge in [0.2, 0.25) is 5.96 Å². The van der Waals surface area contributed by atoms with Crippen LogP contribution in [0.2, 0.25) is 0 Å². The van der Waals surface area contributed by atoms with Gasteiger partial charge in [-0.2, -0.15) is 0 Å². The lowest BCUT2D eigenvalue weighted by Crippen LogP contribution is -2.41. The monoisotopic (exact) mass is 445 g/mol. The highest BCUT2D eigenvalue weighted by molar-refractivity contribution is 7.90. The molecule has 9 heteroatoms. The Morgan fingerprint density at radius 3 is 2.29 bits per heavy atom.